The average Bonchev–Trinajstić information content (AvgIpc) is 2.53. The third kappa shape index (κ3) is 4.46. The lowest BCUT2D eigenvalue weighted by Crippen LogP contribution is -2.55. The molecule has 24 heavy (non-hydrogen) atoms. The molecular weight excluding hydrogens is 294 g/mol. The lowest BCUT2D eigenvalue weighted by molar-refractivity contribution is 0.0189. The molecule has 0 bridgehead atoms. The molecule has 2 aromatic carbocycles. The van der Waals surface area contributed by atoms with Crippen LogP contribution in [0, 0.1) is 5.92 Å². The molecule has 0 amide bonds. The van der Waals surface area contributed by atoms with Gasteiger partial charge in [0.15, 0.2) is 0 Å². The monoisotopic (exact) mass is 325 g/mol. The van der Waals surface area contributed by atoms with Crippen molar-refractivity contribution in [3.63, 3.8) is 0 Å². The Kier molecular flexibility index (Phi) is 5.84. The van der Waals surface area contributed by atoms with Crippen LogP contribution in [0.2, 0.25) is 0 Å². The summed E-state index contributed by atoms with van der Waals surface area (Å²) in [5, 5.41) is 15.6. The molecule has 0 radical (unpaired) electrons. The second-order valence-electron chi connectivity index (χ2n) is 8.07. The number of benzene rings is 2. The Bertz CT molecular complexity index is 574. The van der Waals surface area contributed by atoms with Gasteiger partial charge in [-0.25, -0.2) is 0 Å². The quantitative estimate of drug-likeness (QED) is 0.805. The van der Waals surface area contributed by atoms with E-state index in [2.05, 4.69) is 39.9 Å². The summed E-state index contributed by atoms with van der Waals surface area (Å²) in [6.07, 6.45) is 0.886. The van der Waals surface area contributed by atoms with Gasteiger partial charge in [-0.3, -0.25) is 0 Å². The molecule has 0 saturated heterocycles. The minimum absolute atomic E-state index is 0.0812. The summed E-state index contributed by atoms with van der Waals surface area (Å²) < 4.78 is 0. The van der Waals surface area contributed by atoms with Crippen LogP contribution in [0.15, 0.2) is 60.7 Å². The molecule has 0 fully saturated rings. The zero-order valence-corrected chi connectivity index (χ0v) is 15.6. The topological polar surface area (TPSA) is 32.3 Å². The van der Waals surface area contributed by atoms with E-state index in [1.807, 2.05) is 60.7 Å². The van der Waals surface area contributed by atoms with Gasteiger partial charge in [0, 0.05) is 11.6 Å². The molecule has 0 saturated carbocycles. The average molecular weight is 325 g/mol. The molecule has 2 nitrogen and oxygen atoms in total. The van der Waals surface area contributed by atoms with E-state index in [4.69, 9.17) is 0 Å². The van der Waals surface area contributed by atoms with Crippen LogP contribution in [0.5, 0.6) is 0 Å². The molecular formula is C22H31NO. The van der Waals surface area contributed by atoms with Gasteiger partial charge in [-0.1, -0.05) is 74.5 Å². The van der Waals surface area contributed by atoms with Crippen LogP contribution in [0.25, 0.3) is 0 Å². The molecule has 2 aromatic rings. The van der Waals surface area contributed by atoms with Crippen LogP contribution in [-0.2, 0) is 5.60 Å². The first-order chi connectivity index (χ1) is 11.2. The lowest BCUT2D eigenvalue weighted by Gasteiger charge is -2.42. The Morgan fingerprint density at radius 1 is 0.833 bits per heavy atom. The summed E-state index contributed by atoms with van der Waals surface area (Å²) in [6, 6.07) is 19.9. The molecule has 1 atom stereocenters. The number of rotatable bonds is 6. The minimum atomic E-state index is -1.07. The molecule has 2 heteroatoms. The Morgan fingerprint density at radius 2 is 1.25 bits per heavy atom. The van der Waals surface area contributed by atoms with Gasteiger partial charge in [0.05, 0.1) is 0 Å². The summed E-state index contributed by atoms with van der Waals surface area (Å²) in [7, 11) is 0. The molecule has 2 rings (SSSR count). The number of hydrogen-bond donors (Lipinski definition) is 2. The van der Waals surface area contributed by atoms with Gasteiger partial charge in [0.2, 0.25) is 0 Å². The largest absolute Gasteiger partial charge is 0.379 e. The van der Waals surface area contributed by atoms with E-state index in [1.54, 1.807) is 0 Å². The first-order valence-corrected chi connectivity index (χ1v) is 8.84. The summed E-state index contributed by atoms with van der Waals surface area (Å²) in [4.78, 5) is 0. The zero-order valence-electron chi connectivity index (χ0n) is 15.6. The van der Waals surface area contributed by atoms with Crippen molar-refractivity contribution in [1.29, 1.82) is 0 Å². The van der Waals surface area contributed by atoms with Crippen molar-refractivity contribution in [2.75, 3.05) is 0 Å². The molecule has 0 aliphatic heterocycles. The normalized spacial score (nSPS) is 14.0. The number of nitrogens with one attached hydrogen (secondary N) is 1. The van der Waals surface area contributed by atoms with Crippen LogP contribution >= 0.6 is 0 Å². The molecule has 0 aliphatic carbocycles. The minimum Gasteiger partial charge on any atom is -0.379 e. The van der Waals surface area contributed by atoms with Gasteiger partial charge in [-0.05, 0) is 44.2 Å². The fourth-order valence-corrected chi connectivity index (χ4v) is 3.28. The van der Waals surface area contributed by atoms with Crippen molar-refractivity contribution in [3.05, 3.63) is 71.8 Å². The van der Waals surface area contributed by atoms with Crippen molar-refractivity contribution in [3.8, 4) is 0 Å². The zero-order chi connectivity index (χ0) is 17.8. The van der Waals surface area contributed by atoms with Crippen molar-refractivity contribution in [2.45, 2.75) is 58.2 Å². The van der Waals surface area contributed by atoms with Gasteiger partial charge in [-0.2, -0.15) is 0 Å². The fraction of sp³-hybridized carbons (Fsp3) is 0.455. The smallest absolute Gasteiger partial charge is 0.130 e. The van der Waals surface area contributed by atoms with Gasteiger partial charge < -0.3 is 10.4 Å². The van der Waals surface area contributed by atoms with Crippen LogP contribution in [-0.4, -0.2) is 16.7 Å². The Labute approximate surface area is 146 Å². The standard InChI is InChI=1S/C22H31NO/c1-17(2)16-20(23-21(3,4)5)22(24,18-12-8-6-9-13-18)19-14-10-7-11-15-19/h6-15,17,20,23-24H,16H2,1-5H3/t20-/m1/s1. The Morgan fingerprint density at radius 3 is 1.58 bits per heavy atom. The van der Waals surface area contributed by atoms with Gasteiger partial charge in [0.1, 0.15) is 5.60 Å². The summed E-state index contributed by atoms with van der Waals surface area (Å²) >= 11 is 0. The third-order valence-electron chi connectivity index (χ3n) is 4.25. The number of aliphatic hydroxyl groups is 1. The number of hydrogen-bond acceptors (Lipinski definition) is 2. The molecule has 0 unspecified atom stereocenters. The maximum Gasteiger partial charge on any atom is 0.130 e. The van der Waals surface area contributed by atoms with E-state index >= 15 is 0 Å². The maximum absolute atomic E-state index is 12.0. The van der Waals surface area contributed by atoms with E-state index in [0.29, 0.717) is 5.92 Å². The molecule has 0 aromatic heterocycles. The van der Waals surface area contributed by atoms with E-state index < -0.39 is 5.60 Å². The van der Waals surface area contributed by atoms with Crippen molar-refractivity contribution < 1.29 is 5.11 Å². The fourth-order valence-electron chi connectivity index (χ4n) is 3.28. The highest BCUT2D eigenvalue weighted by molar-refractivity contribution is 5.38. The SMILES string of the molecule is CC(C)C[C@@H](NC(C)(C)C)C(O)(c1ccccc1)c1ccccc1. The molecule has 0 aliphatic rings. The first-order valence-electron chi connectivity index (χ1n) is 8.84. The van der Waals surface area contributed by atoms with Crippen LogP contribution in [0.4, 0.5) is 0 Å². The molecule has 2 N–H and O–H groups in total. The predicted molar refractivity (Wildman–Crippen MR) is 102 cm³/mol. The highest BCUT2D eigenvalue weighted by Gasteiger charge is 2.41. The Hall–Kier alpha value is -1.64. The molecule has 0 spiro atoms. The maximum atomic E-state index is 12.0. The highest BCUT2D eigenvalue weighted by Crippen LogP contribution is 2.36. The second-order valence-corrected chi connectivity index (χ2v) is 8.07. The van der Waals surface area contributed by atoms with E-state index in [1.165, 1.54) is 0 Å². The van der Waals surface area contributed by atoms with Gasteiger partial charge >= 0.3 is 0 Å². The van der Waals surface area contributed by atoms with Gasteiger partial charge in [-0.15, -0.1) is 0 Å². The third-order valence-corrected chi connectivity index (χ3v) is 4.25. The summed E-state index contributed by atoms with van der Waals surface area (Å²) in [5.74, 6) is 0.476. The molecule has 0 heterocycles. The highest BCUT2D eigenvalue weighted by atomic mass is 16.3. The summed E-state index contributed by atoms with van der Waals surface area (Å²) in [5.41, 5.74) is 0.703. The first kappa shape index (κ1) is 18.7. The lowest BCUT2D eigenvalue weighted by atomic mass is 9.76. The van der Waals surface area contributed by atoms with Crippen LogP contribution in [0.1, 0.15) is 52.2 Å². The van der Waals surface area contributed by atoms with Crippen molar-refractivity contribution in [2.24, 2.45) is 5.92 Å². The van der Waals surface area contributed by atoms with Gasteiger partial charge in [0.25, 0.3) is 0 Å². The van der Waals surface area contributed by atoms with E-state index in [9.17, 15) is 5.11 Å². The predicted octanol–water partition coefficient (Wildman–Crippen LogP) is 4.73. The van der Waals surface area contributed by atoms with E-state index in [0.717, 1.165) is 17.5 Å². The van der Waals surface area contributed by atoms with E-state index in [-0.39, 0.29) is 11.6 Å². The van der Waals surface area contributed by atoms with Crippen LogP contribution in [0.3, 0.4) is 0 Å². The Balaban J connectivity index is 2.58. The molecule has 130 valence electrons. The second kappa shape index (κ2) is 7.50. The van der Waals surface area contributed by atoms with Crippen LogP contribution < -0.4 is 5.32 Å². The summed E-state index contributed by atoms with van der Waals surface area (Å²) in [6.45, 7) is 10.9. The van der Waals surface area contributed by atoms with Crippen molar-refractivity contribution >= 4 is 0 Å². The van der Waals surface area contributed by atoms with Crippen molar-refractivity contribution in [1.82, 2.24) is 5.32 Å².